The first-order chi connectivity index (χ1) is 6.59. The lowest BCUT2D eigenvalue weighted by molar-refractivity contribution is 0.229. The molecule has 3 heteroatoms. The monoisotopic (exact) mass is 193 g/mol. The van der Waals surface area contributed by atoms with E-state index in [1.165, 1.54) is 5.06 Å². The first-order valence-electron chi connectivity index (χ1n) is 5.16. The van der Waals surface area contributed by atoms with Crippen molar-refractivity contribution in [1.82, 2.24) is 10.0 Å². The molecule has 0 saturated carbocycles. The molecule has 0 aliphatic carbocycles. The van der Waals surface area contributed by atoms with Crippen molar-refractivity contribution in [3.05, 3.63) is 29.2 Å². The highest BCUT2D eigenvalue weighted by atomic mass is 16.5. The topological polar surface area (TPSA) is 42.1 Å². The molecule has 1 aromatic heterocycles. The van der Waals surface area contributed by atoms with Crippen LogP contribution in [0.3, 0.4) is 0 Å². The predicted octanol–water partition coefficient (Wildman–Crippen LogP) is 2.16. The van der Waals surface area contributed by atoms with E-state index in [2.05, 4.69) is 18.8 Å². The number of nitrogens with one attached hydrogen (secondary N) is 1. The van der Waals surface area contributed by atoms with E-state index in [1.54, 1.807) is 0 Å². The molecule has 14 heavy (non-hydrogen) atoms. The van der Waals surface area contributed by atoms with Gasteiger partial charge in [0.05, 0.1) is 0 Å². The molecule has 1 saturated heterocycles. The summed E-state index contributed by atoms with van der Waals surface area (Å²) in [5, 5.41) is 12.9. The van der Waals surface area contributed by atoms with Crippen LogP contribution < -0.4 is 0 Å². The second-order valence-electron chi connectivity index (χ2n) is 4.79. The third kappa shape index (κ3) is 1.70. The van der Waals surface area contributed by atoms with Crippen LogP contribution in [0.1, 0.15) is 26.0 Å². The molecule has 1 N–H and O–H groups in total. The van der Waals surface area contributed by atoms with Gasteiger partial charge in [-0.2, -0.15) is 0 Å². The summed E-state index contributed by atoms with van der Waals surface area (Å²) in [4.78, 5) is 3.16. The van der Waals surface area contributed by atoms with Crippen LogP contribution in [0.25, 0.3) is 0 Å². The van der Waals surface area contributed by atoms with Crippen molar-refractivity contribution in [1.29, 1.82) is 0 Å². The molecule has 2 rings (SSSR count). The molecule has 1 fully saturated rings. The molecule has 78 valence electrons. The van der Waals surface area contributed by atoms with Crippen LogP contribution in [0.5, 0.6) is 0 Å². The number of aromatic amines is 1. The molecule has 0 bridgehead atoms. The summed E-state index contributed by atoms with van der Waals surface area (Å²) in [6, 6.07) is 4.15. The molecule has 1 aliphatic rings. The Kier molecular flexibility index (Phi) is 2.37. The average Bonchev–Trinajstić information content (AvgIpc) is 2.69. The van der Waals surface area contributed by atoms with E-state index in [0.29, 0.717) is 6.54 Å². The van der Waals surface area contributed by atoms with Gasteiger partial charge in [0, 0.05) is 24.4 Å². The second kappa shape index (κ2) is 3.41. The fraction of sp³-hybridized carbons (Fsp3) is 0.636. The maximum atomic E-state index is 11.6. The quantitative estimate of drug-likeness (QED) is 0.782. The van der Waals surface area contributed by atoms with E-state index in [1.807, 2.05) is 18.3 Å². The summed E-state index contributed by atoms with van der Waals surface area (Å²) in [5.74, 6) is 0. The lowest BCUT2D eigenvalue weighted by Crippen LogP contribution is -2.35. The summed E-state index contributed by atoms with van der Waals surface area (Å²) in [7, 11) is 0. The molecule has 0 radical (unpaired) electrons. The largest absolute Gasteiger partial charge is 0.785 e. The van der Waals surface area contributed by atoms with Gasteiger partial charge in [-0.1, -0.05) is 13.8 Å². The smallest absolute Gasteiger partial charge is 0.0162 e. The Balaban J connectivity index is 2.09. The number of H-pyrrole nitrogens is 1. The van der Waals surface area contributed by atoms with Gasteiger partial charge in [-0.25, -0.2) is 0 Å². The average molecular weight is 193 g/mol. The minimum Gasteiger partial charge on any atom is -0.785 e. The van der Waals surface area contributed by atoms with Gasteiger partial charge in [-0.05, 0) is 30.5 Å². The summed E-state index contributed by atoms with van der Waals surface area (Å²) >= 11 is 0. The van der Waals surface area contributed by atoms with Gasteiger partial charge >= 0.3 is 0 Å². The number of nitrogens with zero attached hydrogens (tertiary/aromatic N) is 1. The molecule has 2 heterocycles. The van der Waals surface area contributed by atoms with E-state index in [4.69, 9.17) is 0 Å². The molecule has 1 unspecified atom stereocenters. The normalized spacial score (nSPS) is 26.9. The van der Waals surface area contributed by atoms with Crippen molar-refractivity contribution in [2.45, 2.75) is 32.7 Å². The minimum absolute atomic E-state index is 0.126. The molecule has 1 atom stereocenters. The third-order valence-corrected chi connectivity index (χ3v) is 3.30. The molecular formula is C11H17N2O-. The Morgan fingerprint density at radius 3 is 2.93 bits per heavy atom. The Bertz CT molecular complexity index is 292. The highest BCUT2D eigenvalue weighted by Gasteiger charge is 2.35. The number of hydroxylamine groups is 2. The van der Waals surface area contributed by atoms with Gasteiger partial charge in [0.1, 0.15) is 0 Å². The standard InChI is InChI=1S/C11H17N2O/c1-11(2)5-7-13(14)10(11)8-9-4-3-6-12-9/h3-4,6,10,12H,5,7-8H2,1-2H3/q-1. The van der Waals surface area contributed by atoms with Gasteiger partial charge in [0.25, 0.3) is 0 Å². The fourth-order valence-electron chi connectivity index (χ4n) is 2.19. The Hall–Kier alpha value is -0.800. The van der Waals surface area contributed by atoms with E-state index in [9.17, 15) is 5.21 Å². The first kappa shape index (κ1) is 9.74. The molecule has 0 spiro atoms. The van der Waals surface area contributed by atoms with Crippen molar-refractivity contribution in [2.75, 3.05) is 6.54 Å². The zero-order valence-electron chi connectivity index (χ0n) is 8.79. The first-order valence-corrected chi connectivity index (χ1v) is 5.16. The third-order valence-electron chi connectivity index (χ3n) is 3.30. The van der Waals surface area contributed by atoms with Crippen LogP contribution in [0.4, 0.5) is 0 Å². The second-order valence-corrected chi connectivity index (χ2v) is 4.79. The van der Waals surface area contributed by atoms with E-state index in [-0.39, 0.29) is 11.5 Å². The van der Waals surface area contributed by atoms with Crippen molar-refractivity contribution < 1.29 is 0 Å². The van der Waals surface area contributed by atoms with Crippen LogP contribution in [0.2, 0.25) is 0 Å². The van der Waals surface area contributed by atoms with Crippen LogP contribution >= 0.6 is 0 Å². The number of hydrogen-bond acceptors (Lipinski definition) is 2. The van der Waals surface area contributed by atoms with Crippen LogP contribution in [0, 0.1) is 10.6 Å². The number of rotatable bonds is 2. The number of aromatic nitrogens is 1. The molecule has 1 aliphatic heterocycles. The van der Waals surface area contributed by atoms with Gasteiger partial charge in [-0.15, -0.1) is 0 Å². The van der Waals surface area contributed by atoms with E-state index < -0.39 is 0 Å². The van der Waals surface area contributed by atoms with E-state index >= 15 is 0 Å². The SMILES string of the molecule is CC1(C)CCN([O-])C1Cc1ccc[nH]1. The van der Waals surface area contributed by atoms with Crippen LogP contribution in [0.15, 0.2) is 18.3 Å². The molecule has 1 aromatic rings. The van der Waals surface area contributed by atoms with Gasteiger partial charge in [0.15, 0.2) is 0 Å². The van der Waals surface area contributed by atoms with Gasteiger partial charge in [-0.3, -0.25) is 0 Å². The highest BCUT2D eigenvalue weighted by Crippen LogP contribution is 2.36. The van der Waals surface area contributed by atoms with Crippen LogP contribution in [-0.2, 0) is 6.42 Å². The summed E-state index contributed by atoms with van der Waals surface area (Å²) in [6.45, 7) is 5.04. The van der Waals surface area contributed by atoms with Crippen molar-refractivity contribution in [3.63, 3.8) is 0 Å². The zero-order chi connectivity index (χ0) is 10.2. The Morgan fingerprint density at radius 1 is 1.64 bits per heavy atom. The maximum absolute atomic E-state index is 11.6. The lowest BCUT2D eigenvalue weighted by Gasteiger charge is -2.36. The molecule has 0 aromatic carbocycles. The van der Waals surface area contributed by atoms with Crippen molar-refractivity contribution in [2.24, 2.45) is 5.41 Å². The summed E-state index contributed by atoms with van der Waals surface area (Å²) < 4.78 is 0. The minimum atomic E-state index is 0.126. The van der Waals surface area contributed by atoms with Gasteiger partial charge < -0.3 is 15.3 Å². The fourth-order valence-corrected chi connectivity index (χ4v) is 2.19. The van der Waals surface area contributed by atoms with Crippen LogP contribution in [-0.4, -0.2) is 22.6 Å². The zero-order valence-corrected chi connectivity index (χ0v) is 8.79. The summed E-state index contributed by atoms with van der Waals surface area (Å²) in [6.07, 6.45) is 3.75. The van der Waals surface area contributed by atoms with E-state index in [0.717, 1.165) is 18.5 Å². The molecular weight excluding hydrogens is 176 g/mol. The Labute approximate surface area is 84.7 Å². The lowest BCUT2D eigenvalue weighted by atomic mass is 9.83. The molecule has 3 nitrogen and oxygen atoms in total. The predicted molar refractivity (Wildman–Crippen MR) is 56.8 cm³/mol. The summed E-state index contributed by atoms with van der Waals surface area (Å²) in [5.41, 5.74) is 1.30. The highest BCUT2D eigenvalue weighted by molar-refractivity contribution is 5.09. The molecule has 0 amide bonds. The van der Waals surface area contributed by atoms with Crippen molar-refractivity contribution >= 4 is 0 Å². The van der Waals surface area contributed by atoms with Gasteiger partial charge in [0.2, 0.25) is 0 Å². The number of hydrogen-bond donors (Lipinski definition) is 1. The van der Waals surface area contributed by atoms with Crippen molar-refractivity contribution in [3.8, 4) is 0 Å². The Morgan fingerprint density at radius 2 is 2.43 bits per heavy atom. The maximum Gasteiger partial charge on any atom is 0.0162 e.